The number of carbonyl (C=O) groups excluding carboxylic acids is 2. The van der Waals surface area contributed by atoms with Crippen LogP contribution in [0.4, 0.5) is 0 Å². The van der Waals surface area contributed by atoms with E-state index in [0.717, 1.165) is 77.4 Å². The van der Waals surface area contributed by atoms with Crippen molar-refractivity contribution in [3.8, 4) is 0 Å². The number of unbranched alkanes of at least 4 members (excludes halogenated alkanes) is 25. The van der Waals surface area contributed by atoms with E-state index in [2.05, 4.69) is 30.5 Å². The van der Waals surface area contributed by atoms with E-state index >= 15 is 0 Å². The zero-order chi connectivity index (χ0) is 38.7. The van der Waals surface area contributed by atoms with Crippen molar-refractivity contribution in [3.63, 3.8) is 0 Å². The van der Waals surface area contributed by atoms with E-state index in [-0.39, 0.29) is 18.0 Å². The first-order valence-corrected chi connectivity index (χ1v) is 23.5. The molecule has 0 aliphatic heterocycles. The molecule has 6 heteroatoms. The Hall–Kier alpha value is -1.61. The van der Waals surface area contributed by atoms with Gasteiger partial charge >= 0.3 is 11.9 Å². The van der Waals surface area contributed by atoms with Gasteiger partial charge in [0.05, 0.1) is 6.61 Å². The summed E-state index contributed by atoms with van der Waals surface area (Å²) in [5.74, 6) is 0.00374. The van der Waals surface area contributed by atoms with Gasteiger partial charge in [-0.15, -0.1) is 0 Å². The van der Waals surface area contributed by atoms with Crippen molar-refractivity contribution in [1.29, 1.82) is 0 Å². The number of carbonyl (C=O) groups is 2. The first-order chi connectivity index (χ1) is 26.1. The van der Waals surface area contributed by atoms with Gasteiger partial charge in [0, 0.05) is 19.3 Å². The van der Waals surface area contributed by atoms with Crippen molar-refractivity contribution in [3.05, 3.63) is 11.4 Å². The molecule has 6 nitrogen and oxygen atoms in total. The molecular formula is C47H90N2O4. The van der Waals surface area contributed by atoms with Crippen molar-refractivity contribution in [1.82, 2.24) is 4.90 Å². The molecule has 0 fully saturated rings. The molecule has 0 unspecified atom stereocenters. The Bertz CT molecular complexity index is 797. The first-order valence-electron chi connectivity index (χ1n) is 23.5. The quantitative estimate of drug-likeness (QED) is 0.0353. The van der Waals surface area contributed by atoms with Crippen LogP contribution in [0, 0.1) is 6.57 Å². The van der Waals surface area contributed by atoms with Crippen LogP contribution in [0.15, 0.2) is 0 Å². The van der Waals surface area contributed by atoms with Gasteiger partial charge in [0.15, 0.2) is 0 Å². The summed E-state index contributed by atoms with van der Waals surface area (Å²) >= 11 is 0. The van der Waals surface area contributed by atoms with E-state index in [1.807, 2.05) is 0 Å². The predicted octanol–water partition coefficient (Wildman–Crippen LogP) is 14.4. The van der Waals surface area contributed by atoms with Crippen molar-refractivity contribution in [2.75, 3.05) is 32.8 Å². The number of ether oxygens (including phenoxy) is 2. The Labute approximate surface area is 330 Å². The maximum Gasteiger partial charge on any atom is 0.306 e. The molecule has 0 radical (unpaired) electrons. The van der Waals surface area contributed by atoms with Crippen molar-refractivity contribution >= 4 is 11.9 Å². The van der Waals surface area contributed by atoms with Crippen LogP contribution in [0.2, 0.25) is 0 Å². The van der Waals surface area contributed by atoms with Crippen LogP contribution in [0.25, 0.3) is 4.85 Å². The van der Waals surface area contributed by atoms with Gasteiger partial charge in [0.2, 0.25) is 6.54 Å². The van der Waals surface area contributed by atoms with Gasteiger partial charge in [-0.05, 0) is 83.8 Å². The van der Waals surface area contributed by atoms with Crippen LogP contribution in [0.3, 0.4) is 0 Å². The molecule has 0 N–H and O–H groups in total. The van der Waals surface area contributed by atoms with Crippen LogP contribution in [0.5, 0.6) is 0 Å². The maximum atomic E-state index is 12.8. The average molecular weight is 747 g/mol. The lowest BCUT2D eigenvalue weighted by atomic mass is 10.0. The summed E-state index contributed by atoms with van der Waals surface area (Å²) in [7, 11) is 0. The third-order valence-corrected chi connectivity index (χ3v) is 10.8. The summed E-state index contributed by atoms with van der Waals surface area (Å²) in [5.41, 5.74) is 0. The van der Waals surface area contributed by atoms with E-state index in [9.17, 15) is 9.59 Å². The van der Waals surface area contributed by atoms with E-state index in [1.54, 1.807) is 0 Å². The molecular weight excluding hydrogens is 657 g/mol. The standard InChI is InChI=1S/C47H90N2O4/c1-5-8-11-14-17-26-35-44-52-46(50)38-29-22-18-24-32-41-49(43-34-31-40-48-4)42-33-25-19-23-30-39-47(51)53-45(36-27-20-15-12-9-6-2)37-28-21-16-13-10-7-3/h45H,5-44H2,1-3H3. The molecule has 0 spiro atoms. The number of esters is 2. The molecule has 0 aromatic rings. The normalized spacial score (nSPS) is 11.4. The smallest absolute Gasteiger partial charge is 0.306 e. The highest BCUT2D eigenvalue weighted by atomic mass is 16.5. The Morgan fingerprint density at radius 1 is 0.472 bits per heavy atom. The highest BCUT2D eigenvalue weighted by molar-refractivity contribution is 5.69. The third-order valence-electron chi connectivity index (χ3n) is 10.8. The lowest BCUT2D eigenvalue weighted by Gasteiger charge is -2.22. The zero-order valence-corrected chi connectivity index (χ0v) is 35.9. The molecule has 0 rings (SSSR count). The minimum absolute atomic E-state index is 0.0206. The number of rotatable bonds is 43. The first kappa shape index (κ1) is 51.4. The van der Waals surface area contributed by atoms with Gasteiger partial charge in [-0.25, -0.2) is 6.57 Å². The number of nitrogens with zero attached hydrogens (tertiary/aromatic N) is 2. The molecule has 0 aliphatic rings. The highest BCUT2D eigenvalue weighted by Gasteiger charge is 2.14. The van der Waals surface area contributed by atoms with E-state index in [0.29, 0.717) is 26.0 Å². The largest absolute Gasteiger partial charge is 0.466 e. The van der Waals surface area contributed by atoms with Crippen LogP contribution >= 0.6 is 0 Å². The predicted molar refractivity (Wildman–Crippen MR) is 227 cm³/mol. The molecule has 0 aromatic heterocycles. The molecule has 312 valence electrons. The minimum atomic E-state index is -0.0206. The van der Waals surface area contributed by atoms with Gasteiger partial charge in [0.25, 0.3) is 0 Å². The number of hydrogen-bond donors (Lipinski definition) is 0. The molecule has 0 bridgehead atoms. The Morgan fingerprint density at radius 2 is 0.849 bits per heavy atom. The van der Waals surface area contributed by atoms with E-state index in [1.165, 1.54) is 154 Å². The second-order valence-electron chi connectivity index (χ2n) is 16.0. The number of hydrogen-bond acceptors (Lipinski definition) is 5. The fraction of sp³-hybridized carbons (Fsp3) is 0.936. The SMILES string of the molecule is [C-]#[N+]CCCCN(CCCCCCCC(=O)OCCCCCCCCC)CCCCCCCC(=O)OC(CCCCCCCC)CCCCCCCC. The molecule has 0 heterocycles. The van der Waals surface area contributed by atoms with Gasteiger partial charge in [-0.3, -0.25) is 9.59 Å². The van der Waals surface area contributed by atoms with Crippen LogP contribution in [0.1, 0.15) is 245 Å². The molecule has 0 saturated heterocycles. The van der Waals surface area contributed by atoms with Crippen molar-refractivity contribution < 1.29 is 19.1 Å². The van der Waals surface area contributed by atoms with Crippen molar-refractivity contribution in [2.45, 2.75) is 252 Å². The molecule has 0 aromatic carbocycles. The Morgan fingerprint density at radius 3 is 1.32 bits per heavy atom. The van der Waals surface area contributed by atoms with E-state index in [4.69, 9.17) is 16.0 Å². The molecule has 0 amide bonds. The van der Waals surface area contributed by atoms with Gasteiger partial charge in [0.1, 0.15) is 6.10 Å². The summed E-state index contributed by atoms with van der Waals surface area (Å²) in [5, 5.41) is 0. The zero-order valence-electron chi connectivity index (χ0n) is 35.9. The summed E-state index contributed by atoms with van der Waals surface area (Å²) < 4.78 is 11.5. The summed E-state index contributed by atoms with van der Waals surface area (Å²) in [6.07, 6.45) is 40.8. The maximum absolute atomic E-state index is 12.8. The van der Waals surface area contributed by atoms with Crippen LogP contribution in [-0.4, -0.2) is 55.7 Å². The molecule has 0 aliphatic carbocycles. The van der Waals surface area contributed by atoms with Crippen molar-refractivity contribution in [2.24, 2.45) is 0 Å². The molecule has 0 saturated carbocycles. The fourth-order valence-electron chi connectivity index (χ4n) is 7.26. The second kappa shape index (κ2) is 43.1. The highest BCUT2D eigenvalue weighted by Crippen LogP contribution is 2.19. The lowest BCUT2D eigenvalue weighted by molar-refractivity contribution is -0.150. The van der Waals surface area contributed by atoms with Gasteiger partial charge < -0.3 is 19.2 Å². The summed E-state index contributed by atoms with van der Waals surface area (Å²) in [4.78, 5) is 31.0. The summed E-state index contributed by atoms with van der Waals surface area (Å²) in [6.45, 7) is 18.4. The topological polar surface area (TPSA) is 60.2 Å². The van der Waals surface area contributed by atoms with Crippen LogP contribution in [-0.2, 0) is 19.1 Å². The van der Waals surface area contributed by atoms with Gasteiger partial charge in [-0.2, -0.15) is 0 Å². The molecule has 53 heavy (non-hydrogen) atoms. The Balaban J connectivity index is 4.16. The van der Waals surface area contributed by atoms with Gasteiger partial charge in [-0.1, -0.05) is 162 Å². The minimum Gasteiger partial charge on any atom is -0.466 e. The monoisotopic (exact) mass is 747 g/mol. The fourth-order valence-corrected chi connectivity index (χ4v) is 7.26. The lowest BCUT2D eigenvalue weighted by Crippen LogP contribution is -2.27. The average Bonchev–Trinajstić information content (AvgIpc) is 3.15. The Kier molecular flexibility index (Phi) is 41.8. The summed E-state index contributed by atoms with van der Waals surface area (Å²) in [6, 6.07) is 0. The second-order valence-corrected chi connectivity index (χ2v) is 16.0. The molecule has 0 atom stereocenters. The van der Waals surface area contributed by atoms with E-state index < -0.39 is 0 Å². The van der Waals surface area contributed by atoms with Crippen LogP contribution < -0.4 is 0 Å². The third kappa shape index (κ3) is 39.9.